The summed E-state index contributed by atoms with van der Waals surface area (Å²) < 4.78 is 0. The largest absolute Gasteiger partial charge is 0.323 e. The van der Waals surface area contributed by atoms with E-state index in [1.54, 1.807) is 4.90 Å². The number of amides is 2. The van der Waals surface area contributed by atoms with Crippen molar-refractivity contribution in [1.29, 1.82) is 5.41 Å². The van der Waals surface area contributed by atoms with Crippen LogP contribution in [0.1, 0.15) is 13.8 Å². The van der Waals surface area contributed by atoms with Crippen LogP contribution < -0.4 is 5.32 Å². The van der Waals surface area contributed by atoms with E-state index in [4.69, 9.17) is 5.41 Å². The number of carbonyl (C=O) groups is 1. The molecule has 2 amide bonds. The fourth-order valence-corrected chi connectivity index (χ4v) is 1.10. The lowest BCUT2D eigenvalue weighted by molar-refractivity contribution is 0.212. The summed E-state index contributed by atoms with van der Waals surface area (Å²) >= 11 is 0. The molecule has 1 fully saturated rings. The SMILES string of the molecule is CC(C)CN1CC(=N)NC1=O. The zero-order valence-electron chi connectivity index (χ0n) is 6.85. The second-order valence-corrected chi connectivity index (χ2v) is 3.18. The molecular weight excluding hydrogens is 142 g/mol. The molecule has 0 saturated carbocycles. The fourth-order valence-electron chi connectivity index (χ4n) is 1.10. The highest BCUT2D eigenvalue weighted by Crippen LogP contribution is 2.02. The molecule has 0 aliphatic carbocycles. The highest BCUT2D eigenvalue weighted by atomic mass is 16.2. The van der Waals surface area contributed by atoms with Gasteiger partial charge in [0.25, 0.3) is 0 Å². The minimum Gasteiger partial charge on any atom is -0.317 e. The third-order valence-corrected chi connectivity index (χ3v) is 1.48. The van der Waals surface area contributed by atoms with Gasteiger partial charge in [0.1, 0.15) is 5.84 Å². The number of amidine groups is 1. The van der Waals surface area contributed by atoms with Crippen LogP contribution in [0.3, 0.4) is 0 Å². The van der Waals surface area contributed by atoms with Crippen molar-refractivity contribution >= 4 is 11.9 Å². The lowest BCUT2D eigenvalue weighted by Gasteiger charge is -2.15. The first-order valence-electron chi connectivity index (χ1n) is 3.73. The van der Waals surface area contributed by atoms with Crippen LogP contribution in [0.4, 0.5) is 4.79 Å². The maximum Gasteiger partial charge on any atom is 0.323 e. The maximum absolute atomic E-state index is 11.0. The van der Waals surface area contributed by atoms with Crippen LogP contribution in [-0.4, -0.2) is 29.9 Å². The van der Waals surface area contributed by atoms with Gasteiger partial charge in [0.2, 0.25) is 0 Å². The molecule has 0 spiro atoms. The third-order valence-electron chi connectivity index (χ3n) is 1.48. The second-order valence-electron chi connectivity index (χ2n) is 3.18. The third kappa shape index (κ3) is 1.93. The zero-order chi connectivity index (χ0) is 8.43. The molecule has 4 nitrogen and oxygen atoms in total. The molecule has 1 heterocycles. The van der Waals surface area contributed by atoms with Gasteiger partial charge in [-0.25, -0.2) is 4.79 Å². The quantitative estimate of drug-likeness (QED) is 0.604. The molecule has 1 saturated heterocycles. The maximum atomic E-state index is 11.0. The van der Waals surface area contributed by atoms with Gasteiger partial charge < -0.3 is 4.90 Å². The van der Waals surface area contributed by atoms with Crippen molar-refractivity contribution in [2.24, 2.45) is 5.92 Å². The van der Waals surface area contributed by atoms with Crippen LogP contribution in [-0.2, 0) is 0 Å². The molecule has 0 unspecified atom stereocenters. The van der Waals surface area contributed by atoms with Crippen LogP contribution in [0.25, 0.3) is 0 Å². The summed E-state index contributed by atoms with van der Waals surface area (Å²) in [5.41, 5.74) is 0. The molecule has 0 bridgehead atoms. The molecule has 1 aliphatic rings. The lowest BCUT2D eigenvalue weighted by atomic mass is 10.2. The van der Waals surface area contributed by atoms with Crippen molar-refractivity contribution in [3.63, 3.8) is 0 Å². The van der Waals surface area contributed by atoms with E-state index in [1.165, 1.54) is 0 Å². The predicted octanol–water partition coefficient (Wildman–Crippen LogP) is 0.645. The fraction of sp³-hybridized carbons (Fsp3) is 0.714. The van der Waals surface area contributed by atoms with E-state index in [1.807, 2.05) is 0 Å². The molecule has 2 N–H and O–H groups in total. The Kier molecular flexibility index (Phi) is 2.12. The smallest absolute Gasteiger partial charge is 0.317 e. The van der Waals surface area contributed by atoms with Gasteiger partial charge in [0.05, 0.1) is 6.54 Å². The normalized spacial score (nSPS) is 17.9. The monoisotopic (exact) mass is 155 g/mol. The molecule has 0 aromatic heterocycles. The highest BCUT2D eigenvalue weighted by Gasteiger charge is 2.23. The summed E-state index contributed by atoms with van der Waals surface area (Å²) in [4.78, 5) is 12.6. The Morgan fingerprint density at radius 2 is 2.36 bits per heavy atom. The number of hydrogen-bond acceptors (Lipinski definition) is 2. The molecule has 4 heteroatoms. The van der Waals surface area contributed by atoms with Gasteiger partial charge in [-0.3, -0.25) is 10.7 Å². The number of urea groups is 1. The van der Waals surface area contributed by atoms with Crippen LogP contribution in [0, 0.1) is 11.3 Å². The Balaban J connectivity index is 2.47. The number of nitrogens with zero attached hydrogens (tertiary/aromatic N) is 1. The first-order chi connectivity index (χ1) is 5.09. The van der Waals surface area contributed by atoms with Gasteiger partial charge in [-0.1, -0.05) is 13.8 Å². The average Bonchev–Trinajstić information content (AvgIpc) is 2.09. The Morgan fingerprint density at radius 1 is 1.73 bits per heavy atom. The number of carbonyl (C=O) groups excluding carboxylic acids is 1. The van der Waals surface area contributed by atoms with E-state index >= 15 is 0 Å². The van der Waals surface area contributed by atoms with Gasteiger partial charge in [-0.05, 0) is 5.92 Å². The molecule has 1 rings (SSSR count). The molecule has 0 radical (unpaired) electrons. The van der Waals surface area contributed by atoms with Crippen LogP contribution in [0.2, 0.25) is 0 Å². The first-order valence-corrected chi connectivity index (χ1v) is 3.73. The van der Waals surface area contributed by atoms with E-state index in [2.05, 4.69) is 19.2 Å². The van der Waals surface area contributed by atoms with Gasteiger partial charge in [0.15, 0.2) is 0 Å². The van der Waals surface area contributed by atoms with Crippen molar-refractivity contribution in [3.8, 4) is 0 Å². The Hall–Kier alpha value is -1.06. The summed E-state index contributed by atoms with van der Waals surface area (Å²) in [5.74, 6) is 0.766. The van der Waals surface area contributed by atoms with Crippen molar-refractivity contribution in [2.75, 3.05) is 13.1 Å². The zero-order valence-corrected chi connectivity index (χ0v) is 6.85. The highest BCUT2D eigenvalue weighted by molar-refractivity contribution is 6.03. The standard InChI is InChI=1S/C7H13N3O/c1-5(2)3-10-4-6(8)9-7(10)11/h5H,3-4H2,1-2H3,(H2,8,9,11). The summed E-state index contributed by atoms with van der Waals surface area (Å²) in [5, 5.41) is 9.62. The van der Waals surface area contributed by atoms with Gasteiger partial charge in [0, 0.05) is 6.54 Å². The summed E-state index contributed by atoms with van der Waals surface area (Å²) in [6, 6.07) is -0.135. The Morgan fingerprint density at radius 3 is 2.73 bits per heavy atom. The van der Waals surface area contributed by atoms with E-state index in [9.17, 15) is 4.79 Å². The van der Waals surface area contributed by atoms with E-state index in [0.717, 1.165) is 6.54 Å². The molecular formula is C7H13N3O. The molecule has 1 aliphatic heterocycles. The van der Waals surface area contributed by atoms with E-state index in [-0.39, 0.29) is 6.03 Å². The average molecular weight is 155 g/mol. The van der Waals surface area contributed by atoms with Crippen molar-refractivity contribution in [2.45, 2.75) is 13.8 Å². The second kappa shape index (κ2) is 2.90. The lowest BCUT2D eigenvalue weighted by Crippen LogP contribution is -2.31. The molecule has 62 valence electrons. The number of nitrogens with one attached hydrogen (secondary N) is 2. The number of hydrogen-bond donors (Lipinski definition) is 2. The molecule has 0 aromatic rings. The van der Waals surface area contributed by atoms with Gasteiger partial charge >= 0.3 is 6.03 Å². The van der Waals surface area contributed by atoms with E-state index in [0.29, 0.717) is 18.3 Å². The topological polar surface area (TPSA) is 56.2 Å². The van der Waals surface area contributed by atoms with Gasteiger partial charge in [-0.2, -0.15) is 0 Å². The summed E-state index contributed by atoms with van der Waals surface area (Å²) in [6.07, 6.45) is 0. The first kappa shape index (κ1) is 8.04. The summed E-state index contributed by atoms with van der Waals surface area (Å²) in [6.45, 7) is 5.27. The Labute approximate surface area is 66.1 Å². The number of rotatable bonds is 2. The minimum atomic E-state index is -0.135. The van der Waals surface area contributed by atoms with Crippen LogP contribution >= 0.6 is 0 Å². The minimum absolute atomic E-state index is 0.135. The van der Waals surface area contributed by atoms with E-state index < -0.39 is 0 Å². The Bertz CT molecular complexity index is 188. The molecule has 0 atom stereocenters. The molecule has 0 aromatic carbocycles. The predicted molar refractivity (Wildman–Crippen MR) is 42.7 cm³/mol. The molecule has 11 heavy (non-hydrogen) atoms. The van der Waals surface area contributed by atoms with Gasteiger partial charge in [-0.15, -0.1) is 0 Å². The van der Waals surface area contributed by atoms with Crippen molar-refractivity contribution in [1.82, 2.24) is 10.2 Å². The van der Waals surface area contributed by atoms with Crippen LogP contribution in [0.15, 0.2) is 0 Å². The summed E-state index contributed by atoms with van der Waals surface area (Å²) in [7, 11) is 0. The van der Waals surface area contributed by atoms with Crippen molar-refractivity contribution < 1.29 is 4.79 Å². The van der Waals surface area contributed by atoms with Crippen LogP contribution in [0.5, 0.6) is 0 Å². The van der Waals surface area contributed by atoms with Crippen molar-refractivity contribution in [3.05, 3.63) is 0 Å².